The molecule has 1 aliphatic rings. The van der Waals surface area contributed by atoms with E-state index in [9.17, 15) is 9.90 Å². The normalized spacial score (nSPS) is 20.3. The number of benzene rings is 1. The SMILES string of the molecule is Cc1cccc(-c2nc(CC(=O)N(C)CC3CCCC3O)cs2)c1. The smallest absolute Gasteiger partial charge is 0.228 e. The van der Waals surface area contributed by atoms with Gasteiger partial charge in [-0.1, -0.05) is 30.2 Å². The Balaban J connectivity index is 1.60. The van der Waals surface area contributed by atoms with Crippen LogP contribution in [0.25, 0.3) is 10.6 Å². The molecule has 0 spiro atoms. The Morgan fingerprint density at radius 1 is 1.42 bits per heavy atom. The maximum absolute atomic E-state index is 12.4. The fourth-order valence-electron chi connectivity index (χ4n) is 3.27. The van der Waals surface area contributed by atoms with Crippen molar-refractivity contribution in [2.75, 3.05) is 13.6 Å². The number of aliphatic hydroxyl groups excluding tert-OH is 1. The molecule has 1 fully saturated rings. The number of carbonyl (C=O) groups excluding carboxylic acids is 1. The Morgan fingerprint density at radius 2 is 2.25 bits per heavy atom. The minimum atomic E-state index is -0.257. The molecule has 0 radical (unpaired) electrons. The maximum Gasteiger partial charge on any atom is 0.228 e. The molecular weight excluding hydrogens is 320 g/mol. The van der Waals surface area contributed by atoms with Crippen LogP contribution >= 0.6 is 11.3 Å². The fraction of sp³-hybridized carbons (Fsp3) is 0.474. The van der Waals surface area contributed by atoms with Crippen LogP contribution in [0.15, 0.2) is 29.6 Å². The highest BCUT2D eigenvalue weighted by molar-refractivity contribution is 7.13. The summed E-state index contributed by atoms with van der Waals surface area (Å²) in [5, 5.41) is 12.8. The van der Waals surface area contributed by atoms with Crippen LogP contribution in [0.4, 0.5) is 0 Å². The van der Waals surface area contributed by atoms with Crippen LogP contribution in [-0.4, -0.2) is 40.6 Å². The molecule has 1 amide bonds. The van der Waals surface area contributed by atoms with Gasteiger partial charge in [0.05, 0.1) is 18.2 Å². The fourth-order valence-corrected chi connectivity index (χ4v) is 4.09. The molecular formula is C19H24N2O2S. The summed E-state index contributed by atoms with van der Waals surface area (Å²) >= 11 is 1.58. The zero-order chi connectivity index (χ0) is 17.1. The van der Waals surface area contributed by atoms with Crippen LogP contribution in [0.2, 0.25) is 0 Å². The first-order valence-electron chi connectivity index (χ1n) is 8.46. The lowest BCUT2D eigenvalue weighted by molar-refractivity contribution is -0.130. The second kappa shape index (κ2) is 7.45. The number of rotatable bonds is 5. The molecule has 1 aromatic heterocycles. The predicted molar refractivity (Wildman–Crippen MR) is 97.0 cm³/mol. The lowest BCUT2D eigenvalue weighted by Crippen LogP contribution is -2.35. The summed E-state index contributed by atoms with van der Waals surface area (Å²) in [4.78, 5) is 18.8. The number of hydrogen-bond acceptors (Lipinski definition) is 4. The number of aryl methyl sites for hydroxylation is 1. The zero-order valence-corrected chi connectivity index (χ0v) is 15.1. The molecule has 2 unspecified atom stereocenters. The minimum Gasteiger partial charge on any atom is -0.393 e. The molecule has 2 aromatic rings. The van der Waals surface area contributed by atoms with Gasteiger partial charge in [0.2, 0.25) is 5.91 Å². The molecule has 0 aliphatic heterocycles. The van der Waals surface area contributed by atoms with Crippen LogP contribution in [0, 0.1) is 12.8 Å². The first-order valence-corrected chi connectivity index (χ1v) is 9.34. The van der Waals surface area contributed by atoms with E-state index in [0.717, 1.165) is 35.5 Å². The molecule has 128 valence electrons. The number of aromatic nitrogens is 1. The highest BCUT2D eigenvalue weighted by Gasteiger charge is 2.27. The molecule has 1 aromatic carbocycles. The number of nitrogens with zero attached hydrogens (tertiary/aromatic N) is 2. The summed E-state index contributed by atoms with van der Waals surface area (Å²) in [5.41, 5.74) is 3.12. The molecule has 1 aliphatic carbocycles. The van der Waals surface area contributed by atoms with Gasteiger partial charge in [-0.25, -0.2) is 4.98 Å². The van der Waals surface area contributed by atoms with E-state index in [1.54, 1.807) is 16.2 Å². The number of aliphatic hydroxyl groups is 1. The Bertz CT molecular complexity index is 713. The summed E-state index contributed by atoms with van der Waals surface area (Å²) in [7, 11) is 1.82. The average molecular weight is 344 g/mol. The zero-order valence-electron chi connectivity index (χ0n) is 14.2. The highest BCUT2D eigenvalue weighted by Crippen LogP contribution is 2.27. The van der Waals surface area contributed by atoms with Gasteiger partial charge in [-0.2, -0.15) is 0 Å². The van der Waals surface area contributed by atoms with Crippen molar-refractivity contribution in [1.82, 2.24) is 9.88 Å². The number of hydrogen-bond donors (Lipinski definition) is 1. The van der Waals surface area contributed by atoms with Gasteiger partial charge in [0, 0.05) is 30.5 Å². The van der Waals surface area contributed by atoms with E-state index in [4.69, 9.17) is 0 Å². The van der Waals surface area contributed by atoms with Gasteiger partial charge in [-0.3, -0.25) is 4.79 Å². The first-order chi connectivity index (χ1) is 11.5. The Kier molecular flexibility index (Phi) is 5.31. The van der Waals surface area contributed by atoms with Crippen LogP contribution < -0.4 is 0 Å². The first kappa shape index (κ1) is 17.1. The third-order valence-corrected chi connectivity index (χ3v) is 5.64. The number of thiazole rings is 1. The van der Waals surface area contributed by atoms with Crippen molar-refractivity contribution < 1.29 is 9.90 Å². The number of carbonyl (C=O) groups is 1. The Hall–Kier alpha value is -1.72. The topological polar surface area (TPSA) is 53.4 Å². The molecule has 1 saturated carbocycles. The quantitative estimate of drug-likeness (QED) is 0.905. The van der Waals surface area contributed by atoms with Crippen molar-refractivity contribution in [3.05, 3.63) is 40.9 Å². The third-order valence-electron chi connectivity index (χ3n) is 4.70. The van der Waals surface area contributed by atoms with Crippen molar-refractivity contribution in [2.45, 2.75) is 38.7 Å². The van der Waals surface area contributed by atoms with Crippen molar-refractivity contribution in [2.24, 2.45) is 5.92 Å². The van der Waals surface area contributed by atoms with Gasteiger partial charge in [0.1, 0.15) is 5.01 Å². The second-order valence-electron chi connectivity index (χ2n) is 6.72. The minimum absolute atomic E-state index is 0.0650. The lowest BCUT2D eigenvalue weighted by atomic mass is 10.1. The summed E-state index contributed by atoms with van der Waals surface area (Å²) in [6.07, 6.45) is 2.99. The van der Waals surface area contributed by atoms with Crippen LogP contribution in [0.3, 0.4) is 0 Å². The van der Waals surface area contributed by atoms with Gasteiger partial charge in [0.15, 0.2) is 0 Å². The monoisotopic (exact) mass is 344 g/mol. The van der Waals surface area contributed by atoms with E-state index in [2.05, 4.69) is 24.0 Å². The average Bonchev–Trinajstić information content (AvgIpc) is 3.17. The maximum atomic E-state index is 12.4. The third kappa shape index (κ3) is 4.02. The van der Waals surface area contributed by atoms with Crippen molar-refractivity contribution >= 4 is 17.2 Å². The molecule has 5 heteroatoms. The summed E-state index contributed by atoms with van der Waals surface area (Å²) in [6.45, 7) is 2.70. The molecule has 1 heterocycles. The van der Waals surface area contributed by atoms with E-state index in [1.165, 1.54) is 5.56 Å². The van der Waals surface area contributed by atoms with Gasteiger partial charge >= 0.3 is 0 Å². The lowest BCUT2D eigenvalue weighted by Gasteiger charge is -2.23. The van der Waals surface area contributed by atoms with E-state index < -0.39 is 0 Å². The van der Waals surface area contributed by atoms with Gasteiger partial charge in [-0.15, -0.1) is 11.3 Å². The van der Waals surface area contributed by atoms with E-state index in [0.29, 0.717) is 13.0 Å². The summed E-state index contributed by atoms with van der Waals surface area (Å²) in [5.74, 6) is 0.285. The van der Waals surface area contributed by atoms with Crippen molar-refractivity contribution in [1.29, 1.82) is 0 Å². The van der Waals surface area contributed by atoms with Crippen molar-refractivity contribution in [3.63, 3.8) is 0 Å². The largest absolute Gasteiger partial charge is 0.393 e. The molecule has 24 heavy (non-hydrogen) atoms. The van der Waals surface area contributed by atoms with Crippen LogP contribution in [0.1, 0.15) is 30.5 Å². The van der Waals surface area contributed by atoms with E-state index >= 15 is 0 Å². The molecule has 0 saturated heterocycles. The summed E-state index contributed by atoms with van der Waals surface area (Å²) in [6, 6.07) is 8.24. The standard InChI is InChI=1S/C19H24N2O2S/c1-13-5-3-6-14(9-13)19-20-16(12-24-19)10-18(23)21(2)11-15-7-4-8-17(15)22/h3,5-6,9,12,15,17,22H,4,7-8,10-11H2,1-2H3. The highest BCUT2D eigenvalue weighted by atomic mass is 32.1. The molecule has 3 rings (SSSR count). The van der Waals surface area contributed by atoms with Crippen molar-refractivity contribution in [3.8, 4) is 10.6 Å². The Morgan fingerprint density at radius 3 is 2.96 bits per heavy atom. The molecule has 2 atom stereocenters. The molecule has 0 bridgehead atoms. The predicted octanol–water partition coefficient (Wildman–Crippen LogP) is 3.28. The second-order valence-corrected chi connectivity index (χ2v) is 7.58. The Labute approximate surface area is 147 Å². The van der Waals surface area contributed by atoms with Gasteiger partial charge < -0.3 is 10.0 Å². The number of amides is 1. The van der Waals surface area contributed by atoms with E-state index in [1.807, 2.05) is 24.6 Å². The number of likely N-dealkylation sites (N-methyl/N-ethyl adjacent to an activating group) is 1. The summed E-state index contributed by atoms with van der Waals surface area (Å²) < 4.78 is 0. The van der Waals surface area contributed by atoms with Crippen LogP contribution in [0.5, 0.6) is 0 Å². The van der Waals surface area contributed by atoms with Crippen LogP contribution in [-0.2, 0) is 11.2 Å². The van der Waals surface area contributed by atoms with Gasteiger partial charge in [0.25, 0.3) is 0 Å². The van der Waals surface area contributed by atoms with Gasteiger partial charge in [-0.05, 0) is 25.8 Å². The molecule has 1 N–H and O–H groups in total. The molecule has 4 nitrogen and oxygen atoms in total. The van der Waals surface area contributed by atoms with E-state index in [-0.39, 0.29) is 17.9 Å².